The number of aryl methyl sites for hydroxylation is 1. The zero-order valence-corrected chi connectivity index (χ0v) is 14.3. The van der Waals surface area contributed by atoms with Gasteiger partial charge < -0.3 is 10.2 Å². The number of aromatic nitrogens is 5. The van der Waals surface area contributed by atoms with E-state index in [1.54, 1.807) is 0 Å². The first kappa shape index (κ1) is 16.6. The Bertz CT molecular complexity index is 874. The fourth-order valence-corrected chi connectivity index (χ4v) is 2.22. The van der Waals surface area contributed by atoms with Crippen molar-refractivity contribution in [1.29, 1.82) is 0 Å². The summed E-state index contributed by atoms with van der Waals surface area (Å²) in [4.78, 5) is 24.3. The van der Waals surface area contributed by atoms with Crippen LogP contribution in [0, 0.1) is 6.92 Å². The van der Waals surface area contributed by atoms with Gasteiger partial charge in [0, 0.05) is 25.9 Å². The van der Waals surface area contributed by atoms with Crippen LogP contribution in [0.15, 0.2) is 42.6 Å². The van der Waals surface area contributed by atoms with Gasteiger partial charge in [0.2, 0.25) is 0 Å². The number of para-hydroxylation sites is 1. The Hall–Kier alpha value is -3.29. The second kappa shape index (κ2) is 7.08. The highest BCUT2D eigenvalue weighted by Gasteiger charge is 2.12. The molecule has 128 valence electrons. The molecule has 0 unspecified atom stereocenters. The molecular formula is C17H19N7O. The summed E-state index contributed by atoms with van der Waals surface area (Å²) < 4.78 is 0. The molecule has 8 heteroatoms. The first-order valence-corrected chi connectivity index (χ1v) is 7.81. The number of carbonyl (C=O) groups excluding carboxylic acids is 1. The van der Waals surface area contributed by atoms with E-state index in [1.807, 2.05) is 62.3 Å². The summed E-state index contributed by atoms with van der Waals surface area (Å²) in [6, 6.07) is 11.3. The van der Waals surface area contributed by atoms with Crippen LogP contribution in [0.5, 0.6) is 0 Å². The van der Waals surface area contributed by atoms with E-state index in [1.165, 1.54) is 11.0 Å². The predicted molar refractivity (Wildman–Crippen MR) is 93.6 cm³/mol. The highest BCUT2D eigenvalue weighted by Crippen LogP contribution is 2.09. The molecule has 3 aromatic rings. The minimum Gasteiger partial charge on any atom is -0.363 e. The number of amides is 1. The van der Waals surface area contributed by atoms with E-state index in [0.29, 0.717) is 5.82 Å². The number of benzene rings is 1. The number of nitrogens with zero attached hydrogens (tertiary/aromatic N) is 6. The van der Waals surface area contributed by atoms with Gasteiger partial charge in [-0.1, -0.05) is 18.2 Å². The third kappa shape index (κ3) is 3.97. The van der Waals surface area contributed by atoms with Crippen LogP contribution < -0.4 is 10.2 Å². The molecule has 2 aromatic heterocycles. The molecule has 0 bridgehead atoms. The molecule has 0 atom stereocenters. The number of rotatable bonds is 5. The summed E-state index contributed by atoms with van der Waals surface area (Å²) in [5.41, 5.74) is 1.88. The van der Waals surface area contributed by atoms with E-state index in [2.05, 4.69) is 25.5 Å². The van der Waals surface area contributed by atoms with Crippen molar-refractivity contribution in [3.63, 3.8) is 0 Å². The van der Waals surface area contributed by atoms with Gasteiger partial charge in [-0.2, -0.15) is 9.90 Å². The Kier molecular flexibility index (Phi) is 4.69. The van der Waals surface area contributed by atoms with Crippen molar-refractivity contribution in [2.24, 2.45) is 0 Å². The van der Waals surface area contributed by atoms with Gasteiger partial charge >= 0.3 is 0 Å². The van der Waals surface area contributed by atoms with Crippen molar-refractivity contribution >= 4 is 11.7 Å². The molecular weight excluding hydrogens is 318 g/mol. The topological polar surface area (TPSA) is 88.8 Å². The molecule has 0 saturated heterocycles. The lowest BCUT2D eigenvalue weighted by atomic mass is 10.3. The fourth-order valence-electron chi connectivity index (χ4n) is 2.22. The second-order valence-corrected chi connectivity index (χ2v) is 5.72. The van der Waals surface area contributed by atoms with Crippen molar-refractivity contribution < 1.29 is 4.79 Å². The van der Waals surface area contributed by atoms with Crippen molar-refractivity contribution in [2.45, 2.75) is 13.5 Å². The molecule has 8 nitrogen and oxygen atoms in total. The molecule has 0 radical (unpaired) electrons. The summed E-state index contributed by atoms with van der Waals surface area (Å²) in [6.45, 7) is 2.12. The first-order chi connectivity index (χ1) is 12.0. The van der Waals surface area contributed by atoms with Crippen LogP contribution in [0.2, 0.25) is 0 Å². The maximum atomic E-state index is 12.3. The molecule has 0 saturated carbocycles. The van der Waals surface area contributed by atoms with E-state index < -0.39 is 0 Å². The number of hydrogen-bond donors (Lipinski definition) is 1. The van der Waals surface area contributed by atoms with E-state index in [-0.39, 0.29) is 18.1 Å². The number of anilines is 1. The highest BCUT2D eigenvalue weighted by atomic mass is 16.2. The molecule has 0 aliphatic carbocycles. The summed E-state index contributed by atoms with van der Waals surface area (Å²) in [7, 11) is 3.82. The van der Waals surface area contributed by atoms with E-state index in [4.69, 9.17) is 0 Å². The quantitative estimate of drug-likeness (QED) is 0.756. The SMILES string of the molecule is Cc1cc(N(C)C)nc(CNC(=O)c2cnn(-c3ccccc3)n2)n1. The van der Waals surface area contributed by atoms with Crippen molar-refractivity contribution in [2.75, 3.05) is 19.0 Å². The van der Waals surface area contributed by atoms with E-state index in [0.717, 1.165) is 17.2 Å². The molecule has 1 N–H and O–H groups in total. The maximum absolute atomic E-state index is 12.3. The minimum absolute atomic E-state index is 0.222. The predicted octanol–water partition coefficient (Wildman–Crippen LogP) is 1.36. The van der Waals surface area contributed by atoms with Gasteiger partial charge in [0.15, 0.2) is 5.69 Å². The van der Waals surface area contributed by atoms with Crippen molar-refractivity contribution in [3.8, 4) is 5.69 Å². The number of nitrogens with one attached hydrogen (secondary N) is 1. The molecule has 0 aliphatic heterocycles. The Labute approximate surface area is 145 Å². The monoisotopic (exact) mass is 337 g/mol. The molecule has 0 aliphatic rings. The average molecular weight is 337 g/mol. The van der Waals surface area contributed by atoms with Gasteiger partial charge in [0.1, 0.15) is 11.6 Å². The Morgan fingerprint density at radius 2 is 1.96 bits per heavy atom. The first-order valence-electron chi connectivity index (χ1n) is 7.81. The minimum atomic E-state index is -0.321. The average Bonchev–Trinajstić information content (AvgIpc) is 3.10. The normalized spacial score (nSPS) is 10.5. The Morgan fingerprint density at radius 3 is 2.68 bits per heavy atom. The van der Waals surface area contributed by atoms with Crippen LogP contribution in [-0.2, 0) is 6.54 Å². The third-order valence-electron chi connectivity index (χ3n) is 3.46. The molecule has 0 spiro atoms. The second-order valence-electron chi connectivity index (χ2n) is 5.72. The number of carbonyl (C=O) groups is 1. The maximum Gasteiger partial charge on any atom is 0.273 e. The lowest BCUT2D eigenvalue weighted by Gasteiger charge is -2.13. The van der Waals surface area contributed by atoms with Gasteiger partial charge in [-0.3, -0.25) is 4.79 Å². The van der Waals surface area contributed by atoms with Gasteiger partial charge in [-0.25, -0.2) is 9.97 Å². The molecule has 0 fully saturated rings. The molecule has 1 amide bonds. The van der Waals surface area contributed by atoms with Gasteiger partial charge in [-0.15, -0.1) is 5.10 Å². The van der Waals surface area contributed by atoms with Crippen LogP contribution >= 0.6 is 0 Å². The number of hydrogen-bond acceptors (Lipinski definition) is 6. The third-order valence-corrected chi connectivity index (χ3v) is 3.46. The van der Waals surface area contributed by atoms with E-state index >= 15 is 0 Å². The highest BCUT2D eigenvalue weighted by molar-refractivity contribution is 5.91. The molecule has 1 aromatic carbocycles. The standard InChI is InChI=1S/C17H19N7O/c1-12-9-16(23(2)3)21-15(20-12)11-18-17(25)14-10-19-24(22-14)13-7-5-4-6-8-13/h4-10H,11H2,1-3H3,(H,18,25). The Morgan fingerprint density at radius 1 is 1.20 bits per heavy atom. The van der Waals surface area contributed by atoms with Crippen LogP contribution in [0.25, 0.3) is 5.69 Å². The smallest absolute Gasteiger partial charge is 0.273 e. The summed E-state index contributed by atoms with van der Waals surface area (Å²) in [6.07, 6.45) is 1.44. The lowest BCUT2D eigenvalue weighted by Crippen LogP contribution is -2.25. The largest absolute Gasteiger partial charge is 0.363 e. The molecule has 25 heavy (non-hydrogen) atoms. The Balaban J connectivity index is 1.68. The van der Waals surface area contributed by atoms with Gasteiger partial charge in [0.05, 0.1) is 18.4 Å². The van der Waals surface area contributed by atoms with Gasteiger partial charge in [-0.05, 0) is 19.1 Å². The zero-order chi connectivity index (χ0) is 17.8. The van der Waals surface area contributed by atoms with Crippen molar-refractivity contribution in [3.05, 3.63) is 59.8 Å². The fraction of sp³-hybridized carbons (Fsp3) is 0.235. The summed E-state index contributed by atoms with van der Waals surface area (Å²) >= 11 is 0. The van der Waals surface area contributed by atoms with E-state index in [9.17, 15) is 4.79 Å². The zero-order valence-electron chi connectivity index (χ0n) is 14.3. The van der Waals surface area contributed by atoms with Gasteiger partial charge in [0.25, 0.3) is 5.91 Å². The lowest BCUT2D eigenvalue weighted by molar-refractivity contribution is 0.0944. The summed E-state index contributed by atoms with van der Waals surface area (Å²) in [5, 5.41) is 11.1. The van der Waals surface area contributed by atoms with Crippen LogP contribution in [-0.4, -0.2) is 45.0 Å². The van der Waals surface area contributed by atoms with Crippen LogP contribution in [0.4, 0.5) is 5.82 Å². The van der Waals surface area contributed by atoms with Crippen LogP contribution in [0.1, 0.15) is 22.0 Å². The van der Waals surface area contributed by atoms with Crippen LogP contribution in [0.3, 0.4) is 0 Å². The summed E-state index contributed by atoms with van der Waals surface area (Å²) in [5.74, 6) is 1.03. The molecule has 2 heterocycles. The molecule has 3 rings (SSSR count). The van der Waals surface area contributed by atoms with Crippen molar-refractivity contribution in [1.82, 2.24) is 30.3 Å².